The fourth-order valence-electron chi connectivity index (χ4n) is 5.87. The summed E-state index contributed by atoms with van der Waals surface area (Å²) in [7, 11) is 3.27. The lowest BCUT2D eigenvalue weighted by atomic mass is 10.1. The highest BCUT2D eigenvalue weighted by molar-refractivity contribution is 5.98. The molecule has 2 amide bonds. The van der Waals surface area contributed by atoms with Gasteiger partial charge in [0.2, 0.25) is 5.91 Å². The van der Waals surface area contributed by atoms with Crippen molar-refractivity contribution in [2.45, 2.75) is 38.0 Å². The maximum Gasteiger partial charge on any atom is 0.254 e. The molecule has 5 rings (SSSR count). The topological polar surface area (TPSA) is 74.4 Å². The largest absolute Gasteiger partial charge is 0.497 e. The van der Waals surface area contributed by atoms with Gasteiger partial charge in [0.15, 0.2) is 0 Å². The molecule has 8 nitrogen and oxygen atoms in total. The molecule has 0 spiro atoms. The van der Waals surface area contributed by atoms with Crippen molar-refractivity contribution < 1.29 is 19.1 Å². The van der Waals surface area contributed by atoms with Gasteiger partial charge in [-0.1, -0.05) is 48.5 Å². The number of rotatable bonds is 9. The van der Waals surface area contributed by atoms with Gasteiger partial charge >= 0.3 is 0 Å². The molecule has 0 aromatic heterocycles. The third-order valence-corrected chi connectivity index (χ3v) is 8.06. The van der Waals surface area contributed by atoms with E-state index in [2.05, 4.69) is 34.5 Å². The van der Waals surface area contributed by atoms with Crippen LogP contribution in [0.1, 0.15) is 34.3 Å². The van der Waals surface area contributed by atoms with Crippen molar-refractivity contribution in [2.24, 2.45) is 0 Å². The number of nitrogens with one attached hydrogen (secondary N) is 1. The summed E-state index contributed by atoms with van der Waals surface area (Å²) >= 11 is 0. The lowest BCUT2D eigenvalue weighted by molar-refractivity contribution is -0.135. The Kier molecular flexibility index (Phi) is 9.54. The molecular formula is C33H40N4O4. The average Bonchev–Trinajstić information content (AvgIpc) is 3.28. The minimum atomic E-state index is -0.527. The zero-order chi connectivity index (χ0) is 28.6. The lowest BCUT2D eigenvalue weighted by Crippen LogP contribution is -2.48. The Balaban J connectivity index is 1.46. The van der Waals surface area contributed by atoms with Gasteiger partial charge in [0.05, 0.1) is 14.2 Å². The fourth-order valence-corrected chi connectivity index (χ4v) is 5.87. The Hall–Kier alpha value is -3.88. The first kappa shape index (κ1) is 28.6. The van der Waals surface area contributed by atoms with E-state index < -0.39 is 6.04 Å². The van der Waals surface area contributed by atoms with Crippen LogP contribution in [0.15, 0.2) is 78.9 Å². The Labute approximate surface area is 242 Å². The van der Waals surface area contributed by atoms with Crippen molar-refractivity contribution in [2.75, 3.05) is 46.9 Å². The molecular weight excluding hydrogens is 516 g/mol. The van der Waals surface area contributed by atoms with E-state index in [1.807, 2.05) is 47.4 Å². The van der Waals surface area contributed by atoms with Crippen LogP contribution in [0.4, 0.5) is 0 Å². The number of amides is 2. The van der Waals surface area contributed by atoms with E-state index >= 15 is 0 Å². The van der Waals surface area contributed by atoms with Gasteiger partial charge in [-0.15, -0.1) is 0 Å². The monoisotopic (exact) mass is 556 g/mol. The summed E-state index contributed by atoms with van der Waals surface area (Å²) in [6.07, 6.45) is 1.48. The minimum absolute atomic E-state index is 0.00461. The molecule has 0 bridgehead atoms. The van der Waals surface area contributed by atoms with Gasteiger partial charge in [-0.05, 0) is 60.8 Å². The quantitative estimate of drug-likeness (QED) is 0.432. The summed E-state index contributed by atoms with van der Waals surface area (Å²) in [6, 6.07) is 25.1. The molecule has 3 aromatic carbocycles. The second-order valence-electron chi connectivity index (χ2n) is 10.8. The van der Waals surface area contributed by atoms with E-state index in [0.717, 1.165) is 30.8 Å². The zero-order valence-electron chi connectivity index (χ0n) is 24.0. The van der Waals surface area contributed by atoms with Crippen LogP contribution in [-0.4, -0.2) is 85.5 Å². The number of hydrogen-bond donors (Lipinski definition) is 1. The van der Waals surface area contributed by atoms with Crippen LogP contribution >= 0.6 is 0 Å². The number of likely N-dealkylation sites (tertiary alicyclic amines) is 1. The third kappa shape index (κ3) is 7.07. The van der Waals surface area contributed by atoms with Crippen molar-refractivity contribution in [3.63, 3.8) is 0 Å². The first-order valence-electron chi connectivity index (χ1n) is 14.4. The number of hydrogen-bond acceptors (Lipinski definition) is 6. The smallest absolute Gasteiger partial charge is 0.254 e. The normalized spacial score (nSPS) is 19.2. The van der Waals surface area contributed by atoms with Gasteiger partial charge in [-0.2, -0.15) is 0 Å². The van der Waals surface area contributed by atoms with Crippen LogP contribution in [-0.2, 0) is 17.9 Å². The van der Waals surface area contributed by atoms with Gasteiger partial charge in [0.25, 0.3) is 5.91 Å². The molecule has 3 aromatic rings. The lowest BCUT2D eigenvalue weighted by Gasteiger charge is -2.29. The Morgan fingerprint density at radius 2 is 1.56 bits per heavy atom. The second kappa shape index (κ2) is 13.7. The van der Waals surface area contributed by atoms with Crippen LogP contribution in [0.5, 0.6) is 11.5 Å². The van der Waals surface area contributed by atoms with Crippen LogP contribution < -0.4 is 14.8 Å². The van der Waals surface area contributed by atoms with Crippen molar-refractivity contribution >= 4 is 11.8 Å². The summed E-state index contributed by atoms with van der Waals surface area (Å²) < 4.78 is 10.9. The highest BCUT2D eigenvalue weighted by Crippen LogP contribution is 2.30. The maximum atomic E-state index is 14.0. The Bertz CT molecular complexity index is 1310. The van der Waals surface area contributed by atoms with Crippen molar-refractivity contribution in [1.82, 2.24) is 20.0 Å². The number of carbonyl (C=O) groups is 2. The summed E-state index contributed by atoms with van der Waals surface area (Å²) in [5.74, 6) is 1.33. The first-order valence-corrected chi connectivity index (χ1v) is 14.4. The molecule has 2 fully saturated rings. The van der Waals surface area contributed by atoms with Gasteiger partial charge in [-0.25, -0.2) is 0 Å². The highest BCUT2D eigenvalue weighted by Gasteiger charge is 2.43. The third-order valence-electron chi connectivity index (χ3n) is 8.06. The highest BCUT2D eigenvalue weighted by atomic mass is 16.5. The molecule has 0 radical (unpaired) electrons. The standard InChI is InChI=1S/C33H40N4O4/c1-40-29-13-6-11-26(19-29)23-36(22-25-9-4-3-5-10-25)28-21-31(33(39)35-17-8-15-34-16-18-35)37(24-28)32(38)27-12-7-14-30(20-27)41-2/h3-7,9-14,19-20,28,31,34H,8,15-18,21-24H2,1-2H3. The molecule has 216 valence electrons. The number of methoxy groups -OCH3 is 2. The van der Waals surface area contributed by atoms with Crippen LogP contribution in [0, 0.1) is 0 Å². The summed E-state index contributed by atoms with van der Waals surface area (Å²) in [5, 5.41) is 3.38. The summed E-state index contributed by atoms with van der Waals surface area (Å²) in [5.41, 5.74) is 2.84. The van der Waals surface area contributed by atoms with Gasteiger partial charge < -0.3 is 24.6 Å². The molecule has 2 heterocycles. The molecule has 1 N–H and O–H groups in total. The van der Waals surface area contributed by atoms with E-state index in [0.29, 0.717) is 50.5 Å². The van der Waals surface area contributed by atoms with Gasteiger partial charge in [0, 0.05) is 50.9 Å². The fraction of sp³-hybridized carbons (Fsp3) is 0.394. The predicted molar refractivity (Wildman–Crippen MR) is 159 cm³/mol. The van der Waals surface area contributed by atoms with Crippen molar-refractivity contribution in [1.29, 1.82) is 0 Å². The molecule has 2 aliphatic rings. The Morgan fingerprint density at radius 3 is 2.34 bits per heavy atom. The average molecular weight is 557 g/mol. The van der Waals surface area contributed by atoms with E-state index in [9.17, 15) is 9.59 Å². The summed E-state index contributed by atoms with van der Waals surface area (Å²) in [4.78, 5) is 34.2. The minimum Gasteiger partial charge on any atom is -0.497 e. The Morgan fingerprint density at radius 1 is 0.854 bits per heavy atom. The molecule has 2 aliphatic heterocycles. The van der Waals surface area contributed by atoms with E-state index in [1.54, 1.807) is 31.3 Å². The second-order valence-corrected chi connectivity index (χ2v) is 10.8. The van der Waals surface area contributed by atoms with E-state index in [-0.39, 0.29) is 17.9 Å². The van der Waals surface area contributed by atoms with Gasteiger partial charge in [-0.3, -0.25) is 14.5 Å². The molecule has 0 aliphatic carbocycles. The van der Waals surface area contributed by atoms with Crippen molar-refractivity contribution in [3.05, 3.63) is 95.6 Å². The first-order chi connectivity index (χ1) is 20.1. The molecule has 2 unspecified atom stereocenters. The number of nitrogens with zero attached hydrogens (tertiary/aromatic N) is 3. The van der Waals surface area contributed by atoms with E-state index in [4.69, 9.17) is 9.47 Å². The predicted octanol–water partition coefficient (Wildman–Crippen LogP) is 3.81. The zero-order valence-corrected chi connectivity index (χ0v) is 24.0. The molecule has 41 heavy (non-hydrogen) atoms. The summed E-state index contributed by atoms with van der Waals surface area (Å²) in [6.45, 7) is 4.86. The van der Waals surface area contributed by atoms with Crippen LogP contribution in [0.25, 0.3) is 0 Å². The van der Waals surface area contributed by atoms with Gasteiger partial charge in [0.1, 0.15) is 17.5 Å². The molecule has 2 saturated heterocycles. The SMILES string of the molecule is COc1cccc(CN(Cc2ccccc2)C2CC(C(=O)N3CCCNCC3)N(C(=O)c3cccc(OC)c3)C2)c1. The number of benzene rings is 3. The number of carbonyl (C=O) groups excluding carboxylic acids is 2. The van der Waals surface area contributed by atoms with Crippen LogP contribution in [0.2, 0.25) is 0 Å². The molecule has 0 saturated carbocycles. The molecule has 8 heteroatoms. The van der Waals surface area contributed by atoms with Crippen molar-refractivity contribution in [3.8, 4) is 11.5 Å². The number of ether oxygens (including phenoxy) is 2. The molecule has 2 atom stereocenters. The van der Waals surface area contributed by atoms with Crippen LogP contribution in [0.3, 0.4) is 0 Å². The maximum absolute atomic E-state index is 14.0. The van der Waals surface area contributed by atoms with E-state index in [1.165, 1.54) is 5.56 Å².